The molecule has 0 bridgehead atoms. The lowest BCUT2D eigenvalue weighted by Gasteiger charge is -2.14. The summed E-state index contributed by atoms with van der Waals surface area (Å²) < 4.78 is 5.00. The average Bonchev–Trinajstić information content (AvgIpc) is 3.17. The summed E-state index contributed by atoms with van der Waals surface area (Å²) in [5.41, 5.74) is 1.92. The molecule has 1 aliphatic carbocycles. The largest absolute Gasteiger partial charge is 0.385 e. The average molecular weight is 272 g/mol. The van der Waals surface area contributed by atoms with Gasteiger partial charge < -0.3 is 15.0 Å². The van der Waals surface area contributed by atoms with Gasteiger partial charge in [0.1, 0.15) is 0 Å². The number of fused-ring (bicyclic) bond motifs is 1. The summed E-state index contributed by atoms with van der Waals surface area (Å²) >= 11 is 0. The monoisotopic (exact) mass is 272 g/mol. The fraction of sp³-hybridized carbons (Fsp3) is 0.438. The number of nitrogens with one attached hydrogen (secondary N) is 2. The van der Waals surface area contributed by atoms with Crippen molar-refractivity contribution in [2.75, 3.05) is 20.3 Å². The van der Waals surface area contributed by atoms with Gasteiger partial charge in [-0.1, -0.05) is 18.2 Å². The molecule has 1 heterocycles. The molecule has 1 aromatic carbocycles. The smallest absolute Gasteiger partial charge is 0.230 e. The van der Waals surface area contributed by atoms with Gasteiger partial charge in [0, 0.05) is 37.4 Å². The zero-order chi connectivity index (χ0) is 14.0. The van der Waals surface area contributed by atoms with E-state index < -0.39 is 0 Å². The quantitative estimate of drug-likeness (QED) is 0.793. The topological polar surface area (TPSA) is 54.1 Å². The van der Waals surface area contributed by atoms with E-state index >= 15 is 0 Å². The van der Waals surface area contributed by atoms with E-state index in [1.165, 1.54) is 0 Å². The molecule has 0 aliphatic heterocycles. The third-order valence-corrected chi connectivity index (χ3v) is 4.10. The fourth-order valence-corrected chi connectivity index (χ4v) is 2.80. The molecule has 0 spiro atoms. The molecule has 20 heavy (non-hydrogen) atoms. The van der Waals surface area contributed by atoms with Gasteiger partial charge in [0.15, 0.2) is 0 Å². The maximum atomic E-state index is 12.5. The lowest BCUT2D eigenvalue weighted by molar-refractivity contribution is -0.123. The molecule has 1 saturated carbocycles. The number of methoxy groups -OCH3 is 1. The lowest BCUT2D eigenvalue weighted by atomic mass is 9.94. The molecule has 1 fully saturated rings. The van der Waals surface area contributed by atoms with Crippen LogP contribution in [0.2, 0.25) is 0 Å². The van der Waals surface area contributed by atoms with Gasteiger partial charge >= 0.3 is 0 Å². The first-order valence-electron chi connectivity index (χ1n) is 7.12. The zero-order valence-corrected chi connectivity index (χ0v) is 11.7. The number of hydrogen-bond acceptors (Lipinski definition) is 2. The SMILES string of the molecule is COCCCNC(=O)C1(c2c[nH]c3ccccc23)CC1. The second-order valence-electron chi connectivity index (χ2n) is 5.43. The van der Waals surface area contributed by atoms with E-state index in [0.29, 0.717) is 13.2 Å². The van der Waals surface area contributed by atoms with Crippen LogP contribution in [0, 0.1) is 0 Å². The number of ether oxygens (including phenoxy) is 1. The van der Waals surface area contributed by atoms with Gasteiger partial charge in [-0.3, -0.25) is 4.79 Å². The van der Waals surface area contributed by atoms with Crippen LogP contribution in [0.3, 0.4) is 0 Å². The number of amides is 1. The molecule has 106 valence electrons. The Hall–Kier alpha value is -1.81. The summed E-state index contributed by atoms with van der Waals surface area (Å²) in [6, 6.07) is 8.16. The normalized spacial score (nSPS) is 16.2. The van der Waals surface area contributed by atoms with Crippen molar-refractivity contribution in [3.05, 3.63) is 36.0 Å². The molecule has 1 aromatic heterocycles. The first-order valence-corrected chi connectivity index (χ1v) is 7.12. The van der Waals surface area contributed by atoms with Crippen LogP contribution in [0.15, 0.2) is 30.5 Å². The number of carbonyl (C=O) groups excluding carboxylic acids is 1. The summed E-state index contributed by atoms with van der Waals surface area (Å²) in [6.07, 6.45) is 4.72. The third-order valence-electron chi connectivity index (χ3n) is 4.10. The molecule has 3 rings (SSSR count). The van der Waals surface area contributed by atoms with Gasteiger partial charge in [0.2, 0.25) is 5.91 Å². The zero-order valence-electron chi connectivity index (χ0n) is 11.7. The predicted molar refractivity (Wildman–Crippen MR) is 78.7 cm³/mol. The minimum absolute atomic E-state index is 0.151. The molecule has 0 unspecified atom stereocenters. The molecular weight excluding hydrogens is 252 g/mol. The van der Waals surface area contributed by atoms with E-state index in [4.69, 9.17) is 4.74 Å². The number of aromatic nitrogens is 1. The summed E-state index contributed by atoms with van der Waals surface area (Å²) in [5.74, 6) is 0.151. The van der Waals surface area contributed by atoms with Crippen molar-refractivity contribution in [1.82, 2.24) is 10.3 Å². The van der Waals surface area contributed by atoms with Gasteiger partial charge in [-0.25, -0.2) is 0 Å². The maximum Gasteiger partial charge on any atom is 0.230 e. The fourth-order valence-electron chi connectivity index (χ4n) is 2.80. The van der Waals surface area contributed by atoms with Crippen LogP contribution in [0.5, 0.6) is 0 Å². The number of aromatic amines is 1. The van der Waals surface area contributed by atoms with E-state index in [1.807, 2.05) is 24.4 Å². The van der Waals surface area contributed by atoms with Crippen LogP contribution in [-0.4, -0.2) is 31.2 Å². The van der Waals surface area contributed by atoms with Crippen LogP contribution >= 0.6 is 0 Å². The Morgan fingerprint density at radius 1 is 1.40 bits per heavy atom. The van der Waals surface area contributed by atoms with Crippen LogP contribution in [0.1, 0.15) is 24.8 Å². The van der Waals surface area contributed by atoms with Crippen molar-refractivity contribution >= 4 is 16.8 Å². The maximum absolute atomic E-state index is 12.5. The van der Waals surface area contributed by atoms with Crippen LogP contribution in [-0.2, 0) is 14.9 Å². The number of H-pyrrole nitrogens is 1. The van der Waals surface area contributed by atoms with Gasteiger partial charge in [-0.05, 0) is 30.9 Å². The minimum atomic E-state index is -0.313. The van der Waals surface area contributed by atoms with Gasteiger partial charge in [-0.15, -0.1) is 0 Å². The van der Waals surface area contributed by atoms with Crippen molar-refractivity contribution in [1.29, 1.82) is 0 Å². The van der Waals surface area contributed by atoms with Gasteiger partial charge in [0.25, 0.3) is 0 Å². The summed E-state index contributed by atoms with van der Waals surface area (Å²) in [4.78, 5) is 15.7. The first kappa shape index (κ1) is 13.2. The Labute approximate surface area is 118 Å². The van der Waals surface area contributed by atoms with Crippen molar-refractivity contribution in [2.45, 2.75) is 24.7 Å². The highest BCUT2D eigenvalue weighted by molar-refractivity contribution is 5.97. The highest BCUT2D eigenvalue weighted by Gasteiger charge is 2.52. The molecular formula is C16H20N2O2. The molecule has 1 aliphatic rings. The first-order chi connectivity index (χ1) is 9.78. The van der Waals surface area contributed by atoms with Gasteiger partial charge in [0.05, 0.1) is 5.41 Å². The van der Waals surface area contributed by atoms with E-state index in [0.717, 1.165) is 35.7 Å². The molecule has 4 heteroatoms. The summed E-state index contributed by atoms with van der Waals surface area (Å²) in [7, 11) is 1.68. The molecule has 2 aromatic rings. The van der Waals surface area contributed by atoms with E-state index in [1.54, 1.807) is 7.11 Å². The molecule has 0 saturated heterocycles. The summed E-state index contributed by atoms with van der Waals surface area (Å²) in [5, 5.41) is 4.20. The van der Waals surface area contributed by atoms with Crippen molar-refractivity contribution < 1.29 is 9.53 Å². The molecule has 0 atom stereocenters. The summed E-state index contributed by atoms with van der Waals surface area (Å²) in [6.45, 7) is 1.36. The number of rotatable bonds is 6. The van der Waals surface area contributed by atoms with Gasteiger partial charge in [-0.2, -0.15) is 0 Å². The Morgan fingerprint density at radius 2 is 2.20 bits per heavy atom. The second kappa shape index (κ2) is 5.29. The van der Waals surface area contributed by atoms with Crippen LogP contribution in [0.4, 0.5) is 0 Å². The Morgan fingerprint density at radius 3 is 2.95 bits per heavy atom. The molecule has 2 N–H and O–H groups in total. The predicted octanol–water partition coefficient (Wildman–Crippen LogP) is 2.35. The minimum Gasteiger partial charge on any atom is -0.385 e. The Kier molecular flexibility index (Phi) is 3.49. The van der Waals surface area contributed by atoms with E-state index in [2.05, 4.69) is 16.4 Å². The lowest BCUT2D eigenvalue weighted by Crippen LogP contribution is -2.35. The number of para-hydroxylation sites is 1. The van der Waals surface area contributed by atoms with Crippen molar-refractivity contribution in [3.8, 4) is 0 Å². The van der Waals surface area contributed by atoms with E-state index in [9.17, 15) is 4.79 Å². The van der Waals surface area contributed by atoms with E-state index in [-0.39, 0.29) is 11.3 Å². The van der Waals surface area contributed by atoms with Crippen LogP contribution in [0.25, 0.3) is 10.9 Å². The Bertz CT molecular complexity index is 614. The number of carbonyl (C=O) groups is 1. The highest BCUT2D eigenvalue weighted by Crippen LogP contribution is 2.50. The molecule has 1 amide bonds. The van der Waals surface area contributed by atoms with Crippen molar-refractivity contribution in [2.24, 2.45) is 0 Å². The molecule has 0 radical (unpaired) electrons. The Balaban J connectivity index is 1.77. The number of hydrogen-bond donors (Lipinski definition) is 2. The third kappa shape index (κ3) is 2.20. The second-order valence-corrected chi connectivity index (χ2v) is 5.43. The molecule has 4 nitrogen and oxygen atoms in total. The highest BCUT2D eigenvalue weighted by atomic mass is 16.5. The van der Waals surface area contributed by atoms with Crippen LogP contribution < -0.4 is 5.32 Å². The van der Waals surface area contributed by atoms with Crippen molar-refractivity contribution in [3.63, 3.8) is 0 Å². The standard InChI is InChI=1S/C16H20N2O2/c1-20-10-4-9-17-15(19)16(7-8-16)13-11-18-14-6-3-2-5-12(13)14/h2-3,5-6,11,18H,4,7-10H2,1H3,(H,17,19). The number of benzene rings is 1.